The lowest BCUT2D eigenvalue weighted by Crippen LogP contribution is -2.30. The molecule has 2 aromatic rings. The Labute approximate surface area is 179 Å². The molecule has 1 amide bonds. The molecule has 1 saturated heterocycles. The molecule has 0 bridgehead atoms. The van der Waals surface area contributed by atoms with Crippen LogP contribution in [-0.2, 0) is 22.9 Å². The Kier molecular flexibility index (Phi) is 6.25. The summed E-state index contributed by atoms with van der Waals surface area (Å²) in [5.41, 5.74) is 4.31. The van der Waals surface area contributed by atoms with Gasteiger partial charge < -0.3 is 5.32 Å². The van der Waals surface area contributed by atoms with Crippen molar-refractivity contribution in [3.05, 3.63) is 64.7 Å². The molecule has 0 aromatic heterocycles. The summed E-state index contributed by atoms with van der Waals surface area (Å²) in [4.78, 5) is 13.2. The maximum Gasteiger partial charge on any atom is 0.251 e. The summed E-state index contributed by atoms with van der Waals surface area (Å²) in [6, 6.07) is 12.9. The Hall–Kier alpha value is -2.18. The Morgan fingerprint density at radius 2 is 1.73 bits per heavy atom. The van der Waals surface area contributed by atoms with Gasteiger partial charge in [-0.25, -0.2) is 8.42 Å². The number of nitrogens with zero attached hydrogens (tertiary/aromatic N) is 1. The number of hydrogen-bond acceptors (Lipinski definition) is 3. The molecule has 1 N–H and O–H groups in total. The van der Waals surface area contributed by atoms with Crippen LogP contribution in [0.1, 0.15) is 72.1 Å². The Balaban J connectivity index is 1.53. The second-order valence-corrected chi connectivity index (χ2v) is 10.2. The van der Waals surface area contributed by atoms with Crippen LogP contribution in [0.15, 0.2) is 47.4 Å². The van der Waals surface area contributed by atoms with Crippen molar-refractivity contribution in [2.75, 3.05) is 13.1 Å². The van der Waals surface area contributed by atoms with Crippen molar-refractivity contribution >= 4 is 15.9 Å². The van der Waals surface area contributed by atoms with Gasteiger partial charge in [0.15, 0.2) is 0 Å². The fourth-order valence-electron chi connectivity index (χ4n) is 4.51. The molecular formula is C24H30N2O3S. The molecule has 0 radical (unpaired) electrons. The lowest BCUT2D eigenvalue weighted by atomic mass is 9.88. The van der Waals surface area contributed by atoms with Gasteiger partial charge in [-0.2, -0.15) is 4.31 Å². The average molecular weight is 427 g/mol. The number of carbonyl (C=O) groups excluding carboxylic acids is 1. The highest BCUT2D eigenvalue weighted by Crippen LogP contribution is 2.27. The number of sulfonamides is 1. The van der Waals surface area contributed by atoms with Crippen molar-refractivity contribution in [1.82, 2.24) is 9.62 Å². The lowest BCUT2D eigenvalue weighted by molar-refractivity contribution is 0.0935. The molecule has 0 spiro atoms. The first-order valence-corrected chi connectivity index (χ1v) is 12.5. The topological polar surface area (TPSA) is 66.5 Å². The molecule has 1 atom stereocenters. The summed E-state index contributed by atoms with van der Waals surface area (Å²) in [5.74, 6) is -0.238. The summed E-state index contributed by atoms with van der Waals surface area (Å²) in [5, 5.41) is 3.11. The van der Waals surface area contributed by atoms with E-state index in [1.54, 1.807) is 18.2 Å². The van der Waals surface area contributed by atoms with E-state index in [9.17, 15) is 13.2 Å². The molecule has 160 valence electrons. The fourth-order valence-corrected chi connectivity index (χ4v) is 6.07. The third-order valence-electron chi connectivity index (χ3n) is 6.29. The Morgan fingerprint density at radius 3 is 2.47 bits per heavy atom. The molecule has 1 unspecified atom stereocenters. The van der Waals surface area contributed by atoms with Crippen molar-refractivity contribution in [3.63, 3.8) is 0 Å². The number of hydrogen-bond donors (Lipinski definition) is 1. The van der Waals surface area contributed by atoms with E-state index in [1.807, 2.05) is 0 Å². The molecule has 0 saturated carbocycles. The van der Waals surface area contributed by atoms with E-state index >= 15 is 0 Å². The normalized spacial score (nSPS) is 18.0. The standard InChI is InChI=1S/C24H30N2O3S/c1-2-23(20-13-12-18-8-3-4-9-19(18)16-20)25-24(27)21-10-7-11-22(17-21)30(28,29)26-14-5-6-15-26/h7,10-13,16-17,23H,2-6,8-9,14-15H2,1H3,(H,25,27). The van der Waals surface area contributed by atoms with Crippen molar-refractivity contribution in [2.24, 2.45) is 0 Å². The van der Waals surface area contributed by atoms with Crippen LogP contribution in [0.5, 0.6) is 0 Å². The van der Waals surface area contributed by atoms with Gasteiger partial charge in [0, 0.05) is 18.7 Å². The van der Waals surface area contributed by atoms with Gasteiger partial charge in [0.25, 0.3) is 5.91 Å². The summed E-state index contributed by atoms with van der Waals surface area (Å²) in [6.07, 6.45) is 7.25. The van der Waals surface area contributed by atoms with E-state index in [-0.39, 0.29) is 16.8 Å². The van der Waals surface area contributed by atoms with Gasteiger partial charge in [0.05, 0.1) is 10.9 Å². The van der Waals surface area contributed by atoms with Gasteiger partial charge >= 0.3 is 0 Å². The van der Waals surface area contributed by atoms with Crippen molar-refractivity contribution in [2.45, 2.75) is 62.8 Å². The monoisotopic (exact) mass is 426 g/mol. The minimum atomic E-state index is -3.54. The zero-order chi connectivity index (χ0) is 21.1. The molecule has 1 heterocycles. The van der Waals surface area contributed by atoms with E-state index < -0.39 is 10.0 Å². The number of aryl methyl sites for hydroxylation is 2. The molecule has 1 aliphatic heterocycles. The van der Waals surface area contributed by atoms with Crippen molar-refractivity contribution in [1.29, 1.82) is 0 Å². The number of fused-ring (bicyclic) bond motifs is 1. The molecule has 30 heavy (non-hydrogen) atoms. The Morgan fingerprint density at radius 1 is 1.00 bits per heavy atom. The lowest BCUT2D eigenvalue weighted by Gasteiger charge is -2.22. The highest BCUT2D eigenvalue weighted by atomic mass is 32.2. The predicted molar refractivity (Wildman–Crippen MR) is 118 cm³/mol. The minimum absolute atomic E-state index is 0.0939. The van der Waals surface area contributed by atoms with E-state index in [2.05, 4.69) is 30.4 Å². The van der Waals surface area contributed by atoms with Crippen LogP contribution in [0.2, 0.25) is 0 Å². The van der Waals surface area contributed by atoms with Crippen LogP contribution in [-0.4, -0.2) is 31.7 Å². The van der Waals surface area contributed by atoms with E-state index in [4.69, 9.17) is 0 Å². The molecule has 4 rings (SSSR count). The first kappa shape index (κ1) is 21.1. The molecule has 1 fully saturated rings. The van der Waals surface area contributed by atoms with Gasteiger partial charge in [0.2, 0.25) is 10.0 Å². The summed E-state index contributed by atoms with van der Waals surface area (Å²) in [6.45, 7) is 3.16. The molecule has 2 aliphatic rings. The summed E-state index contributed by atoms with van der Waals surface area (Å²) < 4.78 is 27.2. The van der Waals surface area contributed by atoms with Crippen LogP contribution in [0.3, 0.4) is 0 Å². The smallest absolute Gasteiger partial charge is 0.251 e. The Bertz CT molecular complexity index is 1030. The van der Waals surface area contributed by atoms with Gasteiger partial charge in [0.1, 0.15) is 0 Å². The fraction of sp³-hybridized carbons (Fsp3) is 0.458. The zero-order valence-electron chi connectivity index (χ0n) is 17.6. The quantitative estimate of drug-likeness (QED) is 0.752. The zero-order valence-corrected chi connectivity index (χ0v) is 18.4. The number of rotatable bonds is 6. The van der Waals surface area contributed by atoms with Crippen LogP contribution in [0.25, 0.3) is 0 Å². The average Bonchev–Trinajstić information content (AvgIpc) is 3.33. The van der Waals surface area contributed by atoms with Gasteiger partial charge in [-0.15, -0.1) is 0 Å². The SMILES string of the molecule is CCC(NC(=O)c1cccc(S(=O)(=O)N2CCCC2)c1)c1ccc2c(c1)CCCC2. The second kappa shape index (κ2) is 8.90. The third kappa shape index (κ3) is 4.30. The third-order valence-corrected chi connectivity index (χ3v) is 8.18. The predicted octanol–water partition coefficient (Wildman–Crippen LogP) is 4.23. The first-order valence-electron chi connectivity index (χ1n) is 11.0. The van der Waals surface area contributed by atoms with Gasteiger partial charge in [-0.3, -0.25) is 4.79 Å². The van der Waals surface area contributed by atoms with E-state index in [1.165, 1.54) is 34.3 Å². The van der Waals surface area contributed by atoms with Gasteiger partial charge in [-0.1, -0.05) is 31.2 Å². The maximum atomic E-state index is 13.0. The second-order valence-electron chi connectivity index (χ2n) is 8.31. The molecule has 6 heteroatoms. The maximum absolute atomic E-state index is 13.0. The molecular weight excluding hydrogens is 396 g/mol. The largest absolute Gasteiger partial charge is 0.345 e. The van der Waals surface area contributed by atoms with Crippen LogP contribution in [0.4, 0.5) is 0 Å². The molecule has 1 aliphatic carbocycles. The number of nitrogens with one attached hydrogen (secondary N) is 1. The highest BCUT2D eigenvalue weighted by molar-refractivity contribution is 7.89. The van der Waals surface area contributed by atoms with Crippen LogP contribution >= 0.6 is 0 Å². The van der Waals surface area contributed by atoms with E-state index in [0.29, 0.717) is 18.7 Å². The summed E-state index contributed by atoms with van der Waals surface area (Å²) >= 11 is 0. The van der Waals surface area contributed by atoms with Gasteiger partial charge in [-0.05, 0) is 79.8 Å². The van der Waals surface area contributed by atoms with Crippen LogP contribution in [0, 0.1) is 0 Å². The highest BCUT2D eigenvalue weighted by Gasteiger charge is 2.28. The first-order chi connectivity index (χ1) is 14.5. The number of amides is 1. The molecule has 2 aromatic carbocycles. The number of carbonyl (C=O) groups is 1. The van der Waals surface area contributed by atoms with Crippen LogP contribution < -0.4 is 5.32 Å². The molecule has 5 nitrogen and oxygen atoms in total. The van der Waals surface area contributed by atoms with Crippen molar-refractivity contribution < 1.29 is 13.2 Å². The van der Waals surface area contributed by atoms with E-state index in [0.717, 1.165) is 37.7 Å². The minimum Gasteiger partial charge on any atom is -0.345 e. The van der Waals surface area contributed by atoms with Crippen molar-refractivity contribution in [3.8, 4) is 0 Å². The summed E-state index contributed by atoms with van der Waals surface area (Å²) in [7, 11) is -3.54. The number of benzene rings is 2.